The molecule has 0 aliphatic carbocycles. The monoisotopic (exact) mass is 228 g/mol. The first-order valence-electron chi connectivity index (χ1n) is 5.71. The fourth-order valence-electron chi connectivity index (χ4n) is 1.63. The maximum absolute atomic E-state index is 11.7. The smallest absolute Gasteiger partial charge is 0.321 e. The summed E-state index contributed by atoms with van der Waals surface area (Å²) in [5.74, 6) is 0. The molecule has 0 bridgehead atoms. The summed E-state index contributed by atoms with van der Waals surface area (Å²) < 4.78 is 0. The molecule has 0 unspecified atom stereocenters. The Bertz CT molecular complexity index is 536. The van der Waals surface area contributed by atoms with Gasteiger partial charge in [0.05, 0.1) is 0 Å². The summed E-state index contributed by atoms with van der Waals surface area (Å²) >= 11 is 0. The molecule has 0 saturated carbocycles. The molecule has 0 atom stereocenters. The van der Waals surface area contributed by atoms with Crippen molar-refractivity contribution in [3.8, 4) is 0 Å². The van der Waals surface area contributed by atoms with Crippen molar-refractivity contribution in [1.82, 2.24) is 4.90 Å². The molecule has 2 aromatic carbocycles. The highest BCUT2D eigenvalue weighted by Gasteiger charge is 2.06. The van der Waals surface area contributed by atoms with Crippen LogP contribution in [0, 0.1) is 0 Å². The highest BCUT2D eigenvalue weighted by Crippen LogP contribution is 2.18. The lowest BCUT2D eigenvalue weighted by Crippen LogP contribution is -2.30. The molecule has 2 amide bonds. The average molecular weight is 228 g/mol. The molecule has 0 heterocycles. The Balaban J connectivity index is 2.22. The summed E-state index contributed by atoms with van der Waals surface area (Å²) in [6.07, 6.45) is 0. The number of carbonyl (C=O) groups excluding carboxylic acids is 1. The third-order valence-corrected chi connectivity index (χ3v) is 2.82. The second-order valence-corrected chi connectivity index (χ2v) is 4.01. The molecule has 2 rings (SSSR count). The Morgan fingerprint density at radius 1 is 1.18 bits per heavy atom. The van der Waals surface area contributed by atoms with Gasteiger partial charge in [0.1, 0.15) is 0 Å². The minimum Gasteiger partial charge on any atom is -0.328 e. The average Bonchev–Trinajstić information content (AvgIpc) is 2.37. The third-order valence-electron chi connectivity index (χ3n) is 2.82. The van der Waals surface area contributed by atoms with Gasteiger partial charge < -0.3 is 10.2 Å². The molecule has 3 heteroatoms. The van der Waals surface area contributed by atoms with Gasteiger partial charge in [-0.15, -0.1) is 0 Å². The number of anilines is 1. The Morgan fingerprint density at radius 2 is 1.88 bits per heavy atom. The number of fused-ring (bicyclic) bond motifs is 1. The first-order chi connectivity index (χ1) is 8.20. The van der Waals surface area contributed by atoms with Crippen molar-refractivity contribution < 1.29 is 4.79 Å². The van der Waals surface area contributed by atoms with Crippen LogP contribution in [0.3, 0.4) is 0 Å². The fraction of sp³-hybridized carbons (Fsp3) is 0.214. The second kappa shape index (κ2) is 4.87. The van der Waals surface area contributed by atoms with E-state index < -0.39 is 0 Å². The largest absolute Gasteiger partial charge is 0.328 e. The van der Waals surface area contributed by atoms with Gasteiger partial charge >= 0.3 is 6.03 Å². The maximum Gasteiger partial charge on any atom is 0.321 e. The van der Waals surface area contributed by atoms with Gasteiger partial charge in [-0.25, -0.2) is 4.79 Å². The van der Waals surface area contributed by atoms with E-state index in [9.17, 15) is 4.79 Å². The SMILES string of the molecule is CCN(C)C(=O)Nc1ccc2ccccc2c1. The number of urea groups is 1. The number of benzene rings is 2. The van der Waals surface area contributed by atoms with E-state index in [0.29, 0.717) is 6.54 Å². The molecule has 0 aromatic heterocycles. The molecule has 17 heavy (non-hydrogen) atoms. The van der Waals surface area contributed by atoms with Crippen molar-refractivity contribution in [2.45, 2.75) is 6.92 Å². The third kappa shape index (κ3) is 2.56. The van der Waals surface area contributed by atoms with E-state index in [-0.39, 0.29) is 6.03 Å². The Morgan fingerprint density at radius 3 is 2.59 bits per heavy atom. The van der Waals surface area contributed by atoms with Gasteiger partial charge in [0.25, 0.3) is 0 Å². The molecule has 0 fully saturated rings. The number of nitrogens with zero attached hydrogens (tertiary/aromatic N) is 1. The van der Waals surface area contributed by atoms with Gasteiger partial charge in [-0.2, -0.15) is 0 Å². The molecule has 2 aromatic rings. The molecular formula is C14H16N2O. The van der Waals surface area contributed by atoms with Gasteiger partial charge in [0.2, 0.25) is 0 Å². The number of carbonyl (C=O) groups is 1. The summed E-state index contributed by atoms with van der Waals surface area (Å²) in [7, 11) is 1.77. The van der Waals surface area contributed by atoms with Gasteiger partial charge in [-0.05, 0) is 29.8 Å². The van der Waals surface area contributed by atoms with Gasteiger partial charge in [-0.1, -0.05) is 30.3 Å². The van der Waals surface area contributed by atoms with Crippen LogP contribution < -0.4 is 5.32 Å². The number of rotatable bonds is 2. The second-order valence-electron chi connectivity index (χ2n) is 4.01. The minimum absolute atomic E-state index is 0.0808. The first-order valence-corrected chi connectivity index (χ1v) is 5.71. The molecule has 0 spiro atoms. The van der Waals surface area contributed by atoms with Crippen LogP contribution >= 0.6 is 0 Å². The molecular weight excluding hydrogens is 212 g/mol. The van der Waals surface area contributed by atoms with Crippen LogP contribution in [0.1, 0.15) is 6.92 Å². The number of nitrogens with one attached hydrogen (secondary N) is 1. The Labute approximate surface area is 101 Å². The van der Waals surface area contributed by atoms with Crippen LogP contribution in [0.2, 0.25) is 0 Å². The molecule has 0 aliphatic heterocycles. The normalized spacial score (nSPS) is 10.2. The predicted octanol–water partition coefficient (Wildman–Crippen LogP) is 3.32. The van der Waals surface area contributed by atoms with E-state index in [4.69, 9.17) is 0 Å². The fourth-order valence-corrected chi connectivity index (χ4v) is 1.63. The first kappa shape index (κ1) is 11.5. The van der Waals surface area contributed by atoms with Crippen LogP contribution in [0.15, 0.2) is 42.5 Å². The van der Waals surface area contributed by atoms with Gasteiger partial charge in [0.15, 0.2) is 0 Å². The lowest BCUT2D eigenvalue weighted by molar-refractivity contribution is 0.224. The number of amides is 2. The lowest BCUT2D eigenvalue weighted by atomic mass is 10.1. The minimum atomic E-state index is -0.0808. The molecule has 3 nitrogen and oxygen atoms in total. The van der Waals surface area contributed by atoms with E-state index in [1.807, 2.05) is 43.3 Å². The molecule has 0 saturated heterocycles. The molecule has 0 radical (unpaired) electrons. The zero-order valence-corrected chi connectivity index (χ0v) is 10.1. The zero-order chi connectivity index (χ0) is 12.3. The molecule has 1 N–H and O–H groups in total. The van der Waals surface area contributed by atoms with Crippen molar-refractivity contribution in [2.24, 2.45) is 0 Å². The highest BCUT2D eigenvalue weighted by molar-refractivity contribution is 5.93. The predicted molar refractivity (Wildman–Crippen MR) is 71.3 cm³/mol. The summed E-state index contributed by atoms with van der Waals surface area (Å²) in [6.45, 7) is 2.64. The van der Waals surface area contributed by atoms with E-state index in [0.717, 1.165) is 11.1 Å². The van der Waals surface area contributed by atoms with Crippen molar-refractivity contribution in [3.05, 3.63) is 42.5 Å². The van der Waals surface area contributed by atoms with Crippen molar-refractivity contribution >= 4 is 22.5 Å². The maximum atomic E-state index is 11.7. The van der Waals surface area contributed by atoms with E-state index in [2.05, 4.69) is 11.4 Å². The Kier molecular flexibility index (Phi) is 3.28. The zero-order valence-electron chi connectivity index (χ0n) is 10.1. The summed E-state index contributed by atoms with van der Waals surface area (Å²) in [5.41, 5.74) is 0.828. The van der Waals surface area contributed by atoms with Gasteiger partial charge in [0, 0.05) is 19.3 Å². The number of hydrogen-bond donors (Lipinski definition) is 1. The van der Waals surface area contributed by atoms with Crippen molar-refractivity contribution in [2.75, 3.05) is 18.9 Å². The van der Waals surface area contributed by atoms with Crippen LogP contribution in [0.4, 0.5) is 10.5 Å². The van der Waals surface area contributed by atoms with E-state index in [1.54, 1.807) is 11.9 Å². The van der Waals surface area contributed by atoms with Crippen LogP contribution in [0.5, 0.6) is 0 Å². The Hall–Kier alpha value is -2.03. The van der Waals surface area contributed by atoms with Crippen LogP contribution in [-0.4, -0.2) is 24.5 Å². The summed E-state index contributed by atoms with van der Waals surface area (Å²) in [6, 6.07) is 13.9. The van der Waals surface area contributed by atoms with E-state index in [1.165, 1.54) is 5.39 Å². The summed E-state index contributed by atoms with van der Waals surface area (Å²) in [5, 5.41) is 5.18. The highest BCUT2D eigenvalue weighted by atomic mass is 16.2. The molecule has 0 aliphatic rings. The topological polar surface area (TPSA) is 32.3 Å². The molecule has 88 valence electrons. The van der Waals surface area contributed by atoms with Gasteiger partial charge in [-0.3, -0.25) is 0 Å². The summed E-state index contributed by atoms with van der Waals surface area (Å²) in [4.78, 5) is 13.3. The standard InChI is InChI=1S/C14H16N2O/c1-3-16(2)14(17)15-13-9-8-11-6-4-5-7-12(11)10-13/h4-10H,3H2,1-2H3,(H,15,17). The van der Waals surface area contributed by atoms with E-state index >= 15 is 0 Å². The van der Waals surface area contributed by atoms with Crippen molar-refractivity contribution in [1.29, 1.82) is 0 Å². The van der Waals surface area contributed by atoms with Crippen LogP contribution in [-0.2, 0) is 0 Å². The van der Waals surface area contributed by atoms with Crippen molar-refractivity contribution in [3.63, 3.8) is 0 Å². The lowest BCUT2D eigenvalue weighted by Gasteiger charge is -2.15. The van der Waals surface area contributed by atoms with Crippen LogP contribution in [0.25, 0.3) is 10.8 Å². The quantitative estimate of drug-likeness (QED) is 0.840. The number of hydrogen-bond acceptors (Lipinski definition) is 1.